The van der Waals surface area contributed by atoms with Crippen molar-refractivity contribution in [2.75, 3.05) is 7.05 Å². The summed E-state index contributed by atoms with van der Waals surface area (Å²) in [5, 5.41) is 0. The summed E-state index contributed by atoms with van der Waals surface area (Å²) in [5.41, 5.74) is 0.783. The molecule has 0 unspecified atom stereocenters. The molecule has 1 fully saturated rings. The molecule has 0 aromatic heterocycles. The quantitative estimate of drug-likeness (QED) is 0.890. The van der Waals surface area contributed by atoms with Crippen LogP contribution in [-0.4, -0.2) is 31.6 Å². The number of alkyl halides is 2. The molecule has 23 heavy (non-hydrogen) atoms. The SMILES string of the molecule is CN(Cc1ccccc1)S(=O)(=O)NC(=O)C1CCC(F)(F)CC1. The molecule has 1 aromatic carbocycles. The van der Waals surface area contributed by atoms with Crippen LogP contribution in [0.1, 0.15) is 31.2 Å². The topological polar surface area (TPSA) is 66.5 Å². The van der Waals surface area contributed by atoms with Gasteiger partial charge in [0.2, 0.25) is 11.8 Å². The van der Waals surface area contributed by atoms with Gasteiger partial charge in [-0.15, -0.1) is 0 Å². The first-order chi connectivity index (χ1) is 10.7. The Morgan fingerprint density at radius 1 is 1.26 bits per heavy atom. The summed E-state index contributed by atoms with van der Waals surface area (Å²) in [6, 6.07) is 8.94. The van der Waals surface area contributed by atoms with E-state index in [0.717, 1.165) is 9.87 Å². The van der Waals surface area contributed by atoms with Crippen LogP contribution in [0.2, 0.25) is 0 Å². The lowest BCUT2D eigenvalue weighted by molar-refractivity contribution is -0.127. The van der Waals surface area contributed by atoms with E-state index in [1.807, 2.05) is 10.8 Å². The van der Waals surface area contributed by atoms with Gasteiger partial charge >= 0.3 is 10.2 Å². The zero-order valence-electron chi connectivity index (χ0n) is 12.8. The van der Waals surface area contributed by atoms with Crippen molar-refractivity contribution in [2.24, 2.45) is 5.92 Å². The lowest BCUT2D eigenvalue weighted by Crippen LogP contribution is -2.44. The van der Waals surface area contributed by atoms with E-state index in [0.29, 0.717) is 0 Å². The number of carbonyl (C=O) groups excluding carboxylic acids is 1. The van der Waals surface area contributed by atoms with Gasteiger partial charge in [-0.25, -0.2) is 13.5 Å². The molecule has 1 aliphatic rings. The van der Waals surface area contributed by atoms with Crippen LogP contribution in [0.4, 0.5) is 8.78 Å². The Kier molecular flexibility index (Phi) is 5.36. The number of halogens is 2. The number of benzene rings is 1. The molecule has 1 N–H and O–H groups in total. The van der Waals surface area contributed by atoms with Crippen LogP contribution < -0.4 is 4.72 Å². The Hall–Kier alpha value is -1.54. The smallest absolute Gasteiger partial charge is 0.274 e. The molecule has 2 rings (SSSR count). The zero-order chi connectivity index (χ0) is 17.1. The lowest BCUT2D eigenvalue weighted by Gasteiger charge is -2.28. The average molecular weight is 346 g/mol. The van der Waals surface area contributed by atoms with Gasteiger partial charge in [-0.05, 0) is 18.4 Å². The fourth-order valence-electron chi connectivity index (χ4n) is 2.52. The molecule has 0 heterocycles. The summed E-state index contributed by atoms with van der Waals surface area (Å²) in [7, 11) is -2.63. The fourth-order valence-corrected chi connectivity index (χ4v) is 3.41. The maximum atomic E-state index is 13.1. The highest BCUT2D eigenvalue weighted by molar-refractivity contribution is 7.87. The summed E-state index contributed by atoms with van der Waals surface area (Å²) in [6.07, 6.45) is -0.774. The molecule has 0 saturated heterocycles. The predicted molar refractivity (Wildman–Crippen MR) is 81.9 cm³/mol. The Morgan fingerprint density at radius 3 is 2.39 bits per heavy atom. The number of amides is 1. The van der Waals surface area contributed by atoms with Crippen LogP contribution in [-0.2, 0) is 21.5 Å². The van der Waals surface area contributed by atoms with Crippen LogP contribution in [0, 0.1) is 5.92 Å². The van der Waals surface area contributed by atoms with E-state index >= 15 is 0 Å². The molecular formula is C15H20F2N2O3S. The molecule has 0 aliphatic heterocycles. The lowest BCUT2D eigenvalue weighted by atomic mass is 9.86. The summed E-state index contributed by atoms with van der Waals surface area (Å²) in [5.74, 6) is -4.14. The van der Waals surface area contributed by atoms with Crippen molar-refractivity contribution in [3.8, 4) is 0 Å². The van der Waals surface area contributed by atoms with Gasteiger partial charge in [-0.2, -0.15) is 12.7 Å². The number of nitrogens with one attached hydrogen (secondary N) is 1. The van der Waals surface area contributed by atoms with Crippen molar-refractivity contribution in [3.05, 3.63) is 35.9 Å². The summed E-state index contributed by atoms with van der Waals surface area (Å²) < 4.78 is 53.5. The second-order valence-corrected chi connectivity index (χ2v) is 7.62. The van der Waals surface area contributed by atoms with Crippen LogP contribution in [0.3, 0.4) is 0 Å². The van der Waals surface area contributed by atoms with Gasteiger partial charge in [0.15, 0.2) is 0 Å². The van der Waals surface area contributed by atoms with Crippen molar-refractivity contribution >= 4 is 16.1 Å². The maximum absolute atomic E-state index is 13.1. The predicted octanol–water partition coefficient (Wildman–Crippen LogP) is 2.30. The first-order valence-electron chi connectivity index (χ1n) is 7.39. The van der Waals surface area contributed by atoms with Crippen LogP contribution in [0.15, 0.2) is 30.3 Å². The van der Waals surface area contributed by atoms with E-state index < -0.39 is 28.0 Å². The standard InChI is InChI=1S/C15H20F2N2O3S/c1-19(11-12-5-3-2-4-6-12)23(21,22)18-14(20)13-7-9-15(16,17)10-8-13/h2-6,13H,7-11H2,1H3,(H,18,20). The van der Waals surface area contributed by atoms with E-state index in [9.17, 15) is 22.0 Å². The van der Waals surface area contributed by atoms with E-state index in [1.54, 1.807) is 24.3 Å². The Labute approximate surface area is 134 Å². The van der Waals surface area contributed by atoms with Gasteiger partial charge in [0.1, 0.15) is 0 Å². The zero-order valence-corrected chi connectivity index (χ0v) is 13.7. The third-order valence-electron chi connectivity index (χ3n) is 3.98. The minimum atomic E-state index is -3.99. The molecule has 1 aromatic rings. The second-order valence-electron chi connectivity index (χ2n) is 5.84. The minimum Gasteiger partial charge on any atom is -0.274 e. The third-order valence-corrected chi connectivity index (χ3v) is 5.38. The molecular weight excluding hydrogens is 326 g/mol. The fraction of sp³-hybridized carbons (Fsp3) is 0.533. The van der Waals surface area contributed by atoms with E-state index in [1.165, 1.54) is 7.05 Å². The van der Waals surface area contributed by atoms with Crippen molar-refractivity contribution in [1.82, 2.24) is 9.03 Å². The van der Waals surface area contributed by atoms with Gasteiger partial charge in [-0.3, -0.25) is 4.79 Å². The summed E-state index contributed by atoms with van der Waals surface area (Å²) in [6.45, 7) is 0.117. The average Bonchev–Trinajstić information content (AvgIpc) is 2.47. The van der Waals surface area contributed by atoms with Crippen molar-refractivity contribution in [2.45, 2.75) is 38.2 Å². The van der Waals surface area contributed by atoms with Crippen molar-refractivity contribution in [3.63, 3.8) is 0 Å². The Morgan fingerprint density at radius 2 is 1.83 bits per heavy atom. The summed E-state index contributed by atoms with van der Waals surface area (Å²) in [4.78, 5) is 12.0. The molecule has 8 heteroatoms. The molecule has 1 amide bonds. The third kappa shape index (κ3) is 4.97. The highest BCUT2D eigenvalue weighted by Crippen LogP contribution is 2.36. The van der Waals surface area contributed by atoms with Gasteiger partial charge in [0.05, 0.1) is 0 Å². The number of nitrogens with zero attached hydrogens (tertiary/aromatic N) is 1. The van der Waals surface area contributed by atoms with Gasteiger partial charge in [-0.1, -0.05) is 30.3 Å². The van der Waals surface area contributed by atoms with Crippen molar-refractivity contribution in [1.29, 1.82) is 0 Å². The van der Waals surface area contributed by atoms with Crippen LogP contribution in [0.25, 0.3) is 0 Å². The van der Waals surface area contributed by atoms with E-state index in [4.69, 9.17) is 0 Å². The Balaban J connectivity index is 1.93. The largest absolute Gasteiger partial charge is 0.303 e. The summed E-state index contributed by atoms with van der Waals surface area (Å²) >= 11 is 0. The monoisotopic (exact) mass is 346 g/mol. The first kappa shape index (κ1) is 17.8. The molecule has 5 nitrogen and oxygen atoms in total. The Bertz CT molecular complexity index is 640. The highest BCUT2D eigenvalue weighted by Gasteiger charge is 2.38. The molecule has 0 radical (unpaired) electrons. The van der Waals surface area contributed by atoms with E-state index in [-0.39, 0.29) is 32.2 Å². The number of hydrogen-bond acceptors (Lipinski definition) is 3. The second kappa shape index (κ2) is 6.92. The molecule has 0 atom stereocenters. The molecule has 1 saturated carbocycles. The van der Waals surface area contributed by atoms with Gasteiger partial charge < -0.3 is 0 Å². The van der Waals surface area contributed by atoms with Gasteiger partial charge in [0, 0.05) is 32.4 Å². The number of hydrogen-bond donors (Lipinski definition) is 1. The molecule has 0 spiro atoms. The molecule has 128 valence electrons. The van der Waals surface area contributed by atoms with Crippen LogP contribution >= 0.6 is 0 Å². The van der Waals surface area contributed by atoms with Crippen LogP contribution in [0.5, 0.6) is 0 Å². The number of carbonyl (C=O) groups is 1. The maximum Gasteiger partial charge on any atom is 0.303 e. The highest BCUT2D eigenvalue weighted by atomic mass is 32.2. The minimum absolute atomic E-state index is 0.00322. The number of rotatable bonds is 5. The van der Waals surface area contributed by atoms with Crippen molar-refractivity contribution < 1.29 is 22.0 Å². The first-order valence-corrected chi connectivity index (χ1v) is 8.83. The molecule has 1 aliphatic carbocycles. The normalized spacial score (nSPS) is 18.8. The van der Waals surface area contributed by atoms with E-state index in [2.05, 4.69) is 0 Å². The van der Waals surface area contributed by atoms with Gasteiger partial charge in [0.25, 0.3) is 0 Å². The molecule has 0 bridgehead atoms.